The summed E-state index contributed by atoms with van der Waals surface area (Å²) in [7, 11) is -5.88. The zero-order chi connectivity index (χ0) is 15.8. The van der Waals surface area contributed by atoms with Gasteiger partial charge in [0, 0.05) is 6.42 Å². The number of rotatable bonds is 6. The molecule has 2 rings (SSSR count). The summed E-state index contributed by atoms with van der Waals surface area (Å²) < 4.78 is 72.2. The fourth-order valence-corrected chi connectivity index (χ4v) is 3.72. The summed E-state index contributed by atoms with van der Waals surface area (Å²) in [6.07, 6.45) is 0.866. The van der Waals surface area contributed by atoms with Crippen molar-refractivity contribution in [2.45, 2.75) is 43.5 Å². The van der Waals surface area contributed by atoms with Gasteiger partial charge in [0.05, 0.1) is 0 Å². The molecule has 0 aromatic carbocycles. The Balaban J connectivity index is 1.79. The van der Waals surface area contributed by atoms with E-state index in [2.05, 4.69) is 4.74 Å². The first-order valence-corrected chi connectivity index (χ1v) is 8.19. The second-order valence-corrected chi connectivity index (χ2v) is 7.32. The van der Waals surface area contributed by atoms with E-state index in [1.165, 1.54) is 0 Å². The lowest BCUT2D eigenvalue weighted by Crippen LogP contribution is -2.41. The van der Waals surface area contributed by atoms with E-state index in [0.717, 1.165) is 25.7 Å². The average molecular weight is 330 g/mol. The van der Waals surface area contributed by atoms with Crippen molar-refractivity contribution in [1.82, 2.24) is 0 Å². The van der Waals surface area contributed by atoms with Crippen LogP contribution in [-0.4, -0.2) is 37.0 Å². The summed E-state index contributed by atoms with van der Waals surface area (Å²) in [4.78, 5) is 11.5. The molecule has 2 aliphatic rings. The van der Waals surface area contributed by atoms with Crippen LogP contribution in [0.1, 0.15) is 32.1 Å². The maximum absolute atomic E-state index is 13.1. The minimum absolute atomic E-state index is 0.0331. The van der Waals surface area contributed by atoms with Crippen LogP contribution in [0.2, 0.25) is 0 Å². The molecule has 9 heteroatoms. The van der Waals surface area contributed by atoms with Gasteiger partial charge < -0.3 is 4.74 Å². The number of hydrogen-bond acceptors (Lipinski definition) is 4. The van der Waals surface area contributed by atoms with E-state index in [9.17, 15) is 26.4 Å². The maximum atomic E-state index is 13.1. The highest BCUT2D eigenvalue weighted by molar-refractivity contribution is 7.86. The zero-order valence-electron chi connectivity index (χ0n) is 11.2. The molecule has 4 unspecified atom stereocenters. The predicted octanol–water partition coefficient (Wildman–Crippen LogP) is 2.17. The van der Waals surface area contributed by atoms with Crippen LogP contribution >= 0.6 is 0 Å². The van der Waals surface area contributed by atoms with Crippen molar-refractivity contribution in [2.24, 2.45) is 17.8 Å². The molecule has 0 amide bonds. The lowest BCUT2D eigenvalue weighted by Gasteiger charge is -2.21. The average Bonchev–Trinajstić information content (AvgIpc) is 2.96. The summed E-state index contributed by atoms with van der Waals surface area (Å²) in [5.41, 5.74) is 0. The molecular weight excluding hydrogens is 313 g/mol. The van der Waals surface area contributed by atoms with E-state index in [4.69, 9.17) is 4.55 Å². The maximum Gasteiger partial charge on any atom is 0.403 e. The van der Waals surface area contributed by atoms with E-state index >= 15 is 0 Å². The van der Waals surface area contributed by atoms with Crippen molar-refractivity contribution >= 4 is 16.1 Å². The van der Waals surface area contributed by atoms with Crippen molar-refractivity contribution in [3.63, 3.8) is 0 Å². The number of esters is 1. The predicted molar refractivity (Wildman–Crippen MR) is 65.9 cm³/mol. The van der Waals surface area contributed by atoms with Gasteiger partial charge in [-0.3, -0.25) is 9.35 Å². The van der Waals surface area contributed by atoms with Crippen molar-refractivity contribution in [3.8, 4) is 0 Å². The van der Waals surface area contributed by atoms with Crippen LogP contribution in [0.5, 0.6) is 0 Å². The third-order valence-electron chi connectivity index (χ3n) is 4.41. The molecule has 0 aromatic heterocycles. The van der Waals surface area contributed by atoms with Gasteiger partial charge >= 0.3 is 21.3 Å². The second kappa shape index (κ2) is 5.75. The molecule has 0 aliphatic heterocycles. The van der Waals surface area contributed by atoms with Gasteiger partial charge in [-0.2, -0.15) is 17.2 Å². The molecule has 21 heavy (non-hydrogen) atoms. The van der Waals surface area contributed by atoms with Crippen LogP contribution in [0.3, 0.4) is 0 Å². The number of hydrogen-bond donors (Lipinski definition) is 1. The lowest BCUT2D eigenvalue weighted by atomic mass is 9.86. The van der Waals surface area contributed by atoms with Gasteiger partial charge in [0.1, 0.15) is 6.61 Å². The van der Waals surface area contributed by atoms with Crippen molar-refractivity contribution < 1.29 is 35.7 Å². The molecule has 4 atom stereocenters. The molecule has 0 spiro atoms. The third kappa shape index (κ3) is 3.50. The van der Waals surface area contributed by atoms with Crippen molar-refractivity contribution in [3.05, 3.63) is 0 Å². The molecule has 0 radical (unpaired) electrons. The van der Waals surface area contributed by atoms with Crippen LogP contribution in [0.4, 0.5) is 13.2 Å². The molecular formula is C12H17F3O5S. The molecule has 2 aliphatic carbocycles. The van der Waals surface area contributed by atoms with Gasteiger partial charge in [-0.15, -0.1) is 0 Å². The molecule has 0 heterocycles. The van der Waals surface area contributed by atoms with Gasteiger partial charge in [-0.1, -0.05) is 6.42 Å². The molecule has 0 saturated heterocycles. The van der Waals surface area contributed by atoms with E-state index in [1.807, 2.05) is 0 Å². The standard InChI is InChI=1S/C12H17F3O5S/c13-10(12(14,15)21(17,18)19)6-20-11(16)5-9-4-7-1-2-8(9)3-7/h7-10H,1-6H2,(H,17,18,19). The monoisotopic (exact) mass is 330 g/mol. The van der Waals surface area contributed by atoms with Gasteiger partial charge in [-0.05, 0) is 37.0 Å². The van der Waals surface area contributed by atoms with Crippen LogP contribution in [0.15, 0.2) is 0 Å². The van der Waals surface area contributed by atoms with Crippen LogP contribution < -0.4 is 0 Å². The Morgan fingerprint density at radius 2 is 2.00 bits per heavy atom. The largest absolute Gasteiger partial charge is 0.462 e. The Hall–Kier alpha value is -0.830. The number of carbonyl (C=O) groups is 1. The minimum atomic E-state index is -5.88. The van der Waals surface area contributed by atoms with Crippen LogP contribution in [0.25, 0.3) is 0 Å². The Bertz CT molecular complexity index is 507. The fraction of sp³-hybridized carbons (Fsp3) is 0.917. The highest BCUT2D eigenvalue weighted by Gasteiger charge is 2.53. The summed E-state index contributed by atoms with van der Waals surface area (Å²) >= 11 is 0. The van der Waals surface area contributed by atoms with Gasteiger partial charge in [0.15, 0.2) is 0 Å². The summed E-state index contributed by atoms with van der Waals surface area (Å²) in [5, 5.41) is -4.99. The molecule has 2 bridgehead atoms. The summed E-state index contributed by atoms with van der Waals surface area (Å²) in [6, 6.07) is 0. The highest BCUT2D eigenvalue weighted by atomic mass is 32.2. The topological polar surface area (TPSA) is 80.7 Å². The third-order valence-corrected chi connectivity index (χ3v) is 5.36. The lowest BCUT2D eigenvalue weighted by molar-refractivity contribution is -0.150. The van der Waals surface area contributed by atoms with E-state index in [0.29, 0.717) is 11.8 Å². The zero-order valence-corrected chi connectivity index (χ0v) is 12.0. The molecule has 5 nitrogen and oxygen atoms in total. The van der Waals surface area contributed by atoms with E-state index < -0.39 is 34.1 Å². The van der Waals surface area contributed by atoms with Crippen molar-refractivity contribution in [2.75, 3.05) is 6.61 Å². The van der Waals surface area contributed by atoms with Gasteiger partial charge in [0.2, 0.25) is 6.17 Å². The Kier molecular flexibility index (Phi) is 4.53. The first kappa shape index (κ1) is 16.5. The molecule has 122 valence electrons. The number of ether oxygens (including phenoxy) is 1. The van der Waals surface area contributed by atoms with Crippen LogP contribution in [-0.2, 0) is 19.6 Å². The number of fused-ring (bicyclic) bond motifs is 2. The van der Waals surface area contributed by atoms with Gasteiger partial charge in [-0.25, -0.2) is 4.39 Å². The van der Waals surface area contributed by atoms with Crippen molar-refractivity contribution in [1.29, 1.82) is 0 Å². The van der Waals surface area contributed by atoms with Gasteiger partial charge in [0.25, 0.3) is 0 Å². The first-order valence-electron chi connectivity index (χ1n) is 6.75. The summed E-state index contributed by atoms with van der Waals surface area (Å²) in [6.45, 7) is -1.40. The molecule has 2 fully saturated rings. The van der Waals surface area contributed by atoms with E-state index in [1.54, 1.807) is 0 Å². The molecule has 0 aromatic rings. The summed E-state index contributed by atoms with van der Waals surface area (Å²) in [5.74, 6) is 0.353. The number of alkyl halides is 3. The Labute approximate surface area is 120 Å². The van der Waals surface area contributed by atoms with E-state index in [-0.39, 0.29) is 12.3 Å². The SMILES string of the molecule is O=C(CC1CC2CCC1C2)OCC(F)C(F)(F)S(=O)(=O)O. The number of halogens is 3. The quantitative estimate of drug-likeness (QED) is 0.596. The highest BCUT2D eigenvalue weighted by Crippen LogP contribution is 2.49. The minimum Gasteiger partial charge on any atom is -0.462 e. The Morgan fingerprint density at radius 1 is 1.33 bits per heavy atom. The smallest absolute Gasteiger partial charge is 0.403 e. The number of carbonyl (C=O) groups excluding carboxylic acids is 1. The first-order chi connectivity index (χ1) is 9.61. The molecule has 2 saturated carbocycles. The Morgan fingerprint density at radius 3 is 2.48 bits per heavy atom. The normalized spacial score (nSPS) is 30.4. The second-order valence-electron chi connectivity index (χ2n) is 5.83. The molecule has 1 N–H and O–H groups in total. The van der Waals surface area contributed by atoms with Crippen LogP contribution in [0, 0.1) is 17.8 Å². The fourth-order valence-electron chi connectivity index (χ4n) is 3.32.